The lowest BCUT2D eigenvalue weighted by Crippen LogP contribution is -2.31. The van der Waals surface area contributed by atoms with Gasteiger partial charge in [-0.25, -0.2) is 4.99 Å². The van der Waals surface area contributed by atoms with Crippen molar-refractivity contribution < 1.29 is 27.8 Å². The number of carbonyl (C=O) groups is 2. The van der Waals surface area contributed by atoms with Crippen LogP contribution in [0.4, 0.5) is 20.2 Å². The number of alkyl halides is 2. The van der Waals surface area contributed by atoms with E-state index in [9.17, 15) is 18.4 Å². The Hall–Kier alpha value is -4.18. The zero-order valence-corrected chi connectivity index (χ0v) is 22.4. The van der Waals surface area contributed by atoms with E-state index >= 15 is 0 Å². The monoisotopic (exact) mass is 551 g/mol. The topological polar surface area (TPSA) is 80.2 Å². The molecule has 0 aliphatic carbocycles. The van der Waals surface area contributed by atoms with Gasteiger partial charge in [0, 0.05) is 5.69 Å². The molecule has 7 nitrogen and oxygen atoms in total. The highest BCUT2D eigenvalue weighted by atomic mass is 32.2. The number of halogens is 2. The highest BCUT2D eigenvalue weighted by molar-refractivity contribution is 8.14. The van der Waals surface area contributed by atoms with Crippen molar-refractivity contribution in [1.29, 1.82) is 0 Å². The highest BCUT2D eigenvalue weighted by Crippen LogP contribution is 2.31. The molecule has 0 aromatic heterocycles. The normalized spacial score (nSPS) is 14.1. The number of para-hydroxylation sites is 1. The van der Waals surface area contributed by atoms with Gasteiger partial charge in [-0.15, -0.1) is 0 Å². The number of benzene rings is 3. The maximum absolute atomic E-state index is 13.4. The Kier molecular flexibility index (Phi) is 8.98. The van der Waals surface area contributed by atoms with Crippen LogP contribution in [0.2, 0.25) is 0 Å². The zero-order chi connectivity index (χ0) is 27.9. The number of nitrogens with one attached hydrogen (secondary N) is 1. The van der Waals surface area contributed by atoms with E-state index in [0.717, 1.165) is 40.6 Å². The number of hydrogen-bond donors (Lipinski definition) is 1. The maximum atomic E-state index is 13.4. The first-order valence-corrected chi connectivity index (χ1v) is 13.1. The van der Waals surface area contributed by atoms with Crippen LogP contribution < -0.4 is 19.7 Å². The standard InChI is InChI=1S/C29H27F2N3O4S/c1-4-20-7-5-6-18(2)26(20)33-25(35)17-39-29-32-24(16-19-8-12-22(37-3)13-9-19)27(36)34(29)21-10-14-23(15-11-21)38-28(30)31/h5-16,28H,4,17H2,1-3H3,(H,33,35)/b24-16-. The van der Waals surface area contributed by atoms with Crippen LogP contribution in [0.5, 0.6) is 11.5 Å². The molecule has 1 N–H and O–H groups in total. The Bertz CT molecular complexity index is 1410. The number of nitrogens with zero attached hydrogens (tertiary/aromatic N) is 2. The molecule has 1 aliphatic heterocycles. The van der Waals surface area contributed by atoms with Gasteiger partial charge in [-0.05, 0) is 72.5 Å². The van der Waals surface area contributed by atoms with Crippen LogP contribution in [-0.4, -0.2) is 36.5 Å². The molecule has 0 saturated carbocycles. The first kappa shape index (κ1) is 27.8. The number of thioether (sulfide) groups is 1. The predicted molar refractivity (Wildman–Crippen MR) is 151 cm³/mol. The fourth-order valence-electron chi connectivity index (χ4n) is 3.96. The van der Waals surface area contributed by atoms with Crippen molar-refractivity contribution in [2.75, 3.05) is 23.1 Å². The molecule has 0 fully saturated rings. The van der Waals surface area contributed by atoms with Gasteiger partial charge >= 0.3 is 6.61 Å². The van der Waals surface area contributed by atoms with Gasteiger partial charge in [-0.3, -0.25) is 14.5 Å². The Morgan fingerprint density at radius 2 is 1.77 bits per heavy atom. The van der Waals surface area contributed by atoms with E-state index in [4.69, 9.17) is 4.74 Å². The van der Waals surface area contributed by atoms with Crippen molar-refractivity contribution in [1.82, 2.24) is 0 Å². The summed E-state index contributed by atoms with van der Waals surface area (Å²) in [5.74, 6) is -0.0170. The fourth-order valence-corrected chi connectivity index (χ4v) is 4.78. The molecule has 0 bridgehead atoms. The molecule has 1 aliphatic rings. The second kappa shape index (κ2) is 12.6. The van der Waals surface area contributed by atoms with E-state index in [1.165, 1.54) is 29.2 Å². The first-order chi connectivity index (χ1) is 18.8. The third kappa shape index (κ3) is 6.83. The SMILES string of the molecule is CCc1cccc(C)c1NC(=O)CSC1=N/C(=C\c2ccc(OC)cc2)C(=O)N1c1ccc(OC(F)F)cc1. The number of aliphatic imine (C=N–C) groups is 1. The minimum atomic E-state index is -2.96. The Labute approximate surface area is 229 Å². The van der Waals surface area contributed by atoms with Crippen molar-refractivity contribution in [2.24, 2.45) is 4.99 Å². The molecule has 0 radical (unpaired) electrons. The Balaban J connectivity index is 1.58. The smallest absolute Gasteiger partial charge is 0.387 e. The molecule has 39 heavy (non-hydrogen) atoms. The summed E-state index contributed by atoms with van der Waals surface area (Å²) in [5.41, 5.74) is 4.07. The highest BCUT2D eigenvalue weighted by Gasteiger charge is 2.32. The minimum absolute atomic E-state index is 0.00248. The number of ether oxygens (including phenoxy) is 2. The number of rotatable bonds is 9. The van der Waals surface area contributed by atoms with E-state index in [2.05, 4.69) is 15.0 Å². The molecular formula is C29H27F2N3O4S. The van der Waals surface area contributed by atoms with Crippen LogP contribution in [0, 0.1) is 6.92 Å². The Morgan fingerprint density at radius 1 is 1.08 bits per heavy atom. The van der Waals surface area contributed by atoms with Crippen molar-refractivity contribution >= 4 is 46.2 Å². The number of methoxy groups -OCH3 is 1. The van der Waals surface area contributed by atoms with Crippen molar-refractivity contribution in [3.8, 4) is 11.5 Å². The lowest BCUT2D eigenvalue weighted by Gasteiger charge is -2.18. The summed E-state index contributed by atoms with van der Waals surface area (Å²) in [4.78, 5) is 32.2. The predicted octanol–water partition coefficient (Wildman–Crippen LogP) is 6.28. The molecule has 4 rings (SSSR count). The number of carbonyl (C=O) groups excluding carboxylic acids is 2. The molecule has 1 heterocycles. The van der Waals surface area contributed by atoms with Crippen molar-refractivity contribution in [2.45, 2.75) is 26.9 Å². The quantitative estimate of drug-likeness (QED) is 0.317. The average molecular weight is 552 g/mol. The molecule has 0 spiro atoms. The lowest BCUT2D eigenvalue weighted by atomic mass is 10.1. The van der Waals surface area contributed by atoms with Gasteiger partial charge < -0.3 is 14.8 Å². The lowest BCUT2D eigenvalue weighted by molar-refractivity contribution is -0.114. The van der Waals surface area contributed by atoms with E-state index < -0.39 is 12.5 Å². The molecule has 10 heteroatoms. The van der Waals surface area contributed by atoms with Crippen LogP contribution >= 0.6 is 11.8 Å². The molecule has 0 unspecified atom stereocenters. The van der Waals surface area contributed by atoms with E-state index in [0.29, 0.717) is 11.4 Å². The molecule has 0 atom stereocenters. The van der Waals surface area contributed by atoms with E-state index in [-0.39, 0.29) is 28.3 Å². The third-order valence-corrected chi connectivity index (χ3v) is 6.84. The summed E-state index contributed by atoms with van der Waals surface area (Å²) in [5, 5.41) is 3.26. The average Bonchev–Trinajstić information content (AvgIpc) is 3.23. The van der Waals surface area contributed by atoms with E-state index in [1.807, 2.05) is 32.0 Å². The van der Waals surface area contributed by atoms with Gasteiger partial charge in [0.15, 0.2) is 5.17 Å². The fraction of sp³-hybridized carbons (Fsp3) is 0.207. The second-order valence-electron chi connectivity index (χ2n) is 8.51. The van der Waals surface area contributed by atoms with Crippen LogP contribution in [0.25, 0.3) is 6.08 Å². The zero-order valence-electron chi connectivity index (χ0n) is 21.6. The minimum Gasteiger partial charge on any atom is -0.497 e. The summed E-state index contributed by atoms with van der Waals surface area (Å²) in [6.07, 6.45) is 2.40. The van der Waals surface area contributed by atoms with Crippen LogP contribution in [0.1, 0.15) is 23.6 Å². The molecular weight excluding hydrogens is 524 g/mol. The molecule has 2 amide bonds. The van der Waals surface area contributed by atoms with E-state index in [1.54, 1.807) is 37.5 Å². The second-order valence-corrected chi connectivity index (χ2v) is 9.45. The van der Waals surface area contributed by atoms with Crippen molar-refractivity contribution in [3.63, 3.8) is 0 Å². The van der Waals surface area contributed by atoms with Gasteiger partial charge in [0.1, 0.15) is 17.2 Å². The van der Waals surface area contributed by atoms with Crippen LogP contribution in [0.15, 0.2) is 77.4 Å². The van der Waals surface area contributed by atoms with Crippen LogP contribution in [0.3, 0.4) is 0 Å². The number of anilines is 2. The third-order valence-electron chi connectivity index (χ3n) is 5.91. The number of amidine groups is 1. The first-order valence-electron chi connectivity index (χ1n) is 12.1. The molecule has 202 valence electrons. The molecule has 0 saturated heterocycles. The number of aryl methyl sites for hydroxylation is 2. The van der Waals surface area contributed by atoms with Gasteiger partial charge in [-0.2, -0.15) is 8.78 Å². The van der Waals surface area contributed by atoms with Gasteiger partial charge in [0.25, 0.3) is 5.91 Å². The summed E-state index contributed by atoms with van der Waals surface area (Å²) >= 11 is 1.10. The van der Waals surface area contributed by atoms with Gasteiger partial charge in [0.2, 0.25) is 5.91 Å². The summed E-state index contributed by atoms with van der Waals surface area (Å²) in [6, 6.07) is 18.6. The summed E-state index contributed by atoms with van der Waals surface area (Å²) < 4.78 is 34.8. The maximum Gasteiger partial charge on any atom is 0.387 e. The number of amides is 2. The summed E-state index contributed by atoms with van der Waals surface area (Å²) in [6.45, 7) is 0.988. The number of hydrogen-bond acceptors (Lipinski definition) is 6. The largest absolute Gasteiger partial charge is 0.497 e. The Morgan fingerprint density at radius 3 is 2.41 bits per heavy atom. The molecule has 3 aromatic carbocycles. The summed E-state index contributed by atoms with van der Waals surface area (Å²) in [7, 11) is 1.57. The van der Waals surface area contributed by atoms with Crippen LogP contribution in [-0.2, 0) is 16.0 Å². The van der Waals surface area contributed by atoms with Crippen molar-refractivity contribution in [3.05, 3.63) is 89.1 Å². The van der Waals surface area contributed by atoms with Gasteiger partial charge in [-0.1, -0.05) is 49.0 Å². The molecule has 3 aromatic rings. The van der Waals surface area contributed by atoms with Gasteiger partial charge in [0.05, 0.1) is 18.6 Å².